The first kappa shape index (κ1) is 15.3. The molecule has 0 spiro atoms. The van der Waals surface area contributed by atoms with E-state index >= 15 is 0 Å². The number of hydrogen-bond donors (Lipinski definition) is 1. The van der Waals surface area contributed by atoms with Crippen molar-refractivity contribution in [2.24, 2.45) is 5.92 Å². The number of halogens is 1. The molecule has 0 heterocycles. The Morgan fingerprint density at radius 2 is 1.75 bits per heavy atom. The van der Waals surface area contributed by atoms with E-state index in [9.17, 15) is 0 Å². The molecule has 2 aromatic carbocycles. The highest BCUT2D eigenvalue weighted by Crippen LogP contribution is 2.23. The van der Waals surface area contributed by atoms with Gasteiger partial charge in [0.05, 0.1) is 0 Å². The SMILES string of the molecule is Cc1cc(CNC(c2ccccc2)C(C)C)ccc1Br. The van der Waals surface area contributed by atoms with Gasteiger partial charge in [-0.15, -0.1) is 0 Å². The molecular weight excluding hydrogens is 310 g/mol. The lowest BCUT2D eigenvalue weighted by atomic mass is 9.96. The van der Waals surface area contributed by atoms with Gasteiger partial charge in [0.25, 0.3) is 0 Å². The van der Waals surface area contributed by atoms with Crippen molar-refractivity contribution < 1.29 is 0 Å². The molecule has 0 aliphatic rings. The van der Waals surface area contributed by atoms with Gasteiger partial charge in [-0.2, -0.15) is 0 Å². The molecule has 0 saturated carbocycles. The molecule has 0 saturated heterocycles. The topological polar surface area (TPSA) is 12.0 Å². The Labute approximate surface area is 130 Å². The summed E-state index contributed by atoms with van der Waals surface area (Å²) >= 11 is 3.55. The predicted octanol–water partition coefficient (Wildman–Crippen LogP) is 5.24. The molecule has 0 aliphatic carbocycles. The largest absolute Gasteiger partial charge is 0.306 e. The van der Waals surface area contributed by atoms with Gasteiger partial charge in [-0.1, -0.05) is 72.2 Å². The highest BCUT2D eigenvalue weighted by molar-refractivity contribution is 9.10. The van der Waals surface area contributed by atoms with Gasteiger partial charge in [0, 0.05) is 17.1 Å². The first-order valence-electron chi connectivity index (χ1n) is 7.11. The Hall–Kier alpha value is -1.12. The zero-order chi connectivity index (χ0) is 14.5. The summed E-state index contributed by atoms with van der Waals surface area (Å²) in [7, 11) is 0. The van der Waals surface area contributed by atoms with Crippen LogP contribution in [0.5, 0.6) is 0 Å². The van der Waals surface area contributed by atoms with Gasteiger partial charge in [0.1, 0.15) is 0 Å². The molecule has 0 aromatic heterocycles. The van der Waals surface area contributed by atoms with Crippen molar-refractivity contribution >= 4 is 15.9 Å². The second-order valence-electron chi connectivity index (χ2n) is 5.60. The third-order valence-electron chi connectivity index (χ3n) is 3.57. The molecule has 0 amide bonds. The molecule has 1 unspecified atom stereocenters. The van der Waals surface area contributed by atoms with Gasteiger partial charge in [-0.25, -0.2) is 0 Å². The Kier molecular flexibility index (Phi) is 5.38. The first-order chi connectivity index (χ1) is 9.58. The quantitative estimate of drug-likeness (QED) is 0.789. The van der Waals surface area contributed by atoms with E-state index in [-0.39, 0.29) is 0 Å². The maximum atomic E-state index is 3.68. The van der Waals surface area contributed by atoms with Crippen molar-refractivity contribution in [1.29, 1.82) is 0 Å². The van der Waals surface area contributed by atoms with E-state index < -0.39 is 0 Å². The summed E-state index contributed by atoms with van der Waals surface area (Å²) in [6, 6.07) is 17.6. The van der Waals surface area contributed by atoms with E-state index in [0.717, 1.165) is 6.54 Å². The molecule has 20 heavy (non-hydrogen) atoms. The molecule has 1 atom stereocenters. The van der Waals surface area contributed by atoms with E-state index in [2.05, 4.69) is 90.5 Å². The molecule has 0 aliphatic heterocycles. The molecular formula is C18H22BrN. The van der Waals surface area contributed by atoms with Gasteiger partial charge in [0.2, 0.25) is 0 Å². The molecule has 2 heteroatoms. The fourth-order valence-electron chi connectivity index (χ4n) is 2.44. The monoisotopic (exact) mass is 331 g/mol. The molecule has 2 aromatic rings. The number of nitrogens with one attached hydrogen (secondary N) is 1. The smallest absolute Gasteiger partial charge is 0.0346 e. The van der Waals surface area contributed by atoms with Crippen molar-refractivity contribution in [1.82, 2.24) is 5.32 Å². The van der Waals surface area contributed by atoms with Gasteiger partial charge < -0.3 is 5.32 Å². The molecule has 106 valence electrons. The first-order valence-corrected chi connectivity index (χ1v) is 7.90. The molecule has 0 fully saturated rings. The summed E-state index contributed by atoms with van der Waals surface area (Å²) in [4.78, 5) is 0. The van der Waals surface area contributed by atoms with Gasteiger partial charge in [-0.05, 0) is 35.6 Å². The minimum absolute atomic E-state index is 0.389. The zero-order valence-electron chi connectivity index (χ0n) is 12.4. The van der Waals surface area contributed by atoms with Crippen LogP contribution in [-0.4, -0.2) is 0 Å². The maximum Gasteiger partial charge on any atom is 0.0346 e. The van der Waals surface area contributed by atoms with Crippen LogP contribution >= 0.6 is 15.9 Å². The minimum Gasteiger partial charge on any atom is -0.306 e. The summed E-state index contributed by atoms with van der Waals surface area (Å²) in [6.45, 7) is 7.55. The Morgan fingerprint density at radius 3 is 2.35 bits per heavy atom. The van der Waals surface area contributed by atoms with Crippen molar-refractivity contribution in [3.63, 3.8) is 0 Å². The summed E-state index contributed by atoms with van der Waals surface area (Å²) in [5.74, 6) is 0.564. The number of benzene rings is 2. The number of hydrogen-bond acceptors (Lipinski definition) is 1. The predicted molar refractivity (Wildman–Crippen MR) is 89.7 cm³/mol. The van der Waals surface area contributed by atoms with Crippen LogP contribution in [-0.2, 0) is 6.54 Å². The molecule has 1 N–H and O–H groups in total. The van der Waals surface area contributed by atoms with Crippen molar-refractivity contribution in [2.45, 2.75) is 33.4 Å². The van der Waals surface area contributed by atoms with Gasteiger partial charge in [0.15, 0.2) is 0 Å². The van der Waals surface area contributed by atoms with Crippen LogP contribution in [0, 0.1) is 12.8 Å². The number of rotatable bonds is 5. The lowest BCUT2D eigenvalue weighted by molar-refractivity contribution is 0.410. The van der Waals surface area contributed by atoms with Crippen molar-refractivity contribution in [2.75, 3.05) is 0 Å². The Bertz CT molecular complexity index is 549. The maximum absolute atomic E-state index is 3.68. The summed E-state index contributed by atoms with van der Waals surface area (Å²) in [6.07, 6.45) is 0. The van der Waals surface area contributed by atoms with E-state index in [1.807, 2.05) is 0 Å². The van der Waals surface area contributed by atoms with Crippen LogP contribution in [0.4, 0.5) is 0 Å². The Morgan fingerprint density at radius 1 is 1.05 bits per heavy atom. The van der Waals surface area contributed by atoms with Crippen LogP contribution < -0.4 is 5.32 Å². The average molecular weight is 332 g/mol. The van der Waals surface area contributed by atoms with Crippen molar-refractivity contribution in [3.8, 4) is 0 Å². The lowest BCUT2D eigenvalue weighted by Gasteiger charge is -2.23. The van der Waals surface area contributed by atoms with E-state index in [1.54, 1.807) is 0 Å². The standard InChI is InChI=1S/C18H22BrN/c1-13(2)18(16-7-5-4-6-8-16)20-12-15-9-10-17(19)14(3)11-15/h4-11,13,18,20H,12H2,1-3H3. The molecule has 2 rings (SSSR count). The molecule has 1 nitrogen and oxygen atoms in total. The molecule has 0 bridgehead atoms. The fourth-order valence-corrected chi connectivity index (χ4v) is 2.69. The second kappa shape index (κ2) is 7.05. The van der Waals surface area contributed by atoms with Crippen LogP contribution in [0.15, 0.2) is 53.0 Å². The third kappa shape index (κ3) is 3.94. The van der Waals surface area contributed by atoms with Crippen LogP contribution in [0.3, 0.4) is 0 Å². The highest BCUT2D eigenvalue weighted by atomic mass is 79.9. The fraction of sp³-hybridized carbons (Fsp3) is 0.333. The normalized spacial score (nSPS) is 12.7. The van der Waals surface area contributed by atoms with E-state index in [0.29, 0.717) is 12.0 Å². The van der Waals surface area contributed by atoms with Gasteiger partial charge >= 0.3 is 0 Å². The summed E-state index contributed by atoms with van der Waals surface area (Å²) in [5.41, 5.74) is 3.97. The minimum atomic E-state index is 0.389. The van der Waals surface area contributed by atoms with Crippen LogP contribution in [0.2, 0.25) is 0 Å². The lowest BCUT2D eigenvalue weighted by Crippen LogP contribution is -2.25. The van der Waals surface area contributed by atoms with Crippen molar-refractivity contribution in [3.05, 3.63) is 69.7 Å². The Balaban J connectivity index is 2.08. The zero-order valence-corrected chi connectivity index (χ0v) is 13.9. The number of aryl methyl sites for hydroxylation is 1. The van der Waals surface area contributed by atoms with Crippen LogP contribution in [0.25, 0.3) is 0 Å². The van der Waals surface area contributed by atoms with E-state index in [4.69, 9.17) is 0 Å². The average Bonchev–Trinajstić information content (AvgIpc) is 2.44. The summed E-state index contributed by atoms with van der Waals surface area (Å²) < 4.78 is 1.17. The third-order valence-corrected chi connectivity index (χ3v) is 4.46. The van der Waals surface area contributed by atoms with E-state index in [1.165, 1.54) is 21.2 Å². The second-order valence-corrected chi connectivity index (χ2v) is 6.45. The summed E-state index contributed by atoms with van der Waals surface area (Å²) in [5, 5.41) is 3.68. The van der Waals surface area contributed by atoms with Gasteiger partial charge in [-0.3, -0.25) is 0 Å². The molecule has 0 radical (unpaired) electrons. The highest BCUT2D eigenvalue weighted by Gasteiger charge is 2.14. The van der Waals surface area contributed by atoms with Crippen LogP contribution in [0.1, 0.15) is 36.6 Å².